The molecule has 1 aromatic rings. The number of unbranched alkanes of at least 4 members (excludes halogenated alkanes) is 1. The Morgan fingerprint density at radius 1 is 1.47 bits per heavy atom. The molecular formula is C15H22ClFN2. The van der Waals surface area contributed by atoms with Crippen LogP contribution in [0.1, 0.15) is 44.2 Å². The van der Waals surface area contributed by atoms with Crippen molar-refractivity contribution in [2.75, 3.05) is 13.1 Å². The summed E-state index contributed by atoms with van der Waals surface area (Å²) >= 11 is 6.18. The van der Waals surface area contributed by atoms with E-state index in [1.165, 1.54) is 18.9 Å². The molecule has 2 nitrogen and oxygen atoms in total. The fourth-order valence-electron chi connectivity index (χ4n) is 2.59. The summed E-state index contributed by atoms with van der Waals surface area (Å²) < 4.78 is 14.1. The van der Waals surface area contributed by atoms with Crippen molar-refractivity contribution in [3.63, 3.8) is 0 Å². The Hall–Kier alpha value is -0.640. The number of hydrogen-bond acceptors (Lipinski definition) is 2. The van der Waals surface area contributed by atoms with Gasteiger partial charge in [0.25, 0.3) is 0 Å². The molecule has 0 spiro atoms. The van der Waals surface area contributed by atoms with Gasteiger partial charge in [0.15, 0.2) is 0 Å². The maximum absolute atomic E-state index is 14.1. The first-order chi connectivity index (χ1) is 9.19. The maximum atomic E-state index is 14.1. The summed E-state index contributed by atoms with van der Waals surface area (Å²) in [5.74, 6) is -0.245. The summed E-state index contributed by atoms with van der Waals surface area (Å²) in [6, 6.07) is 5.30. The van der Waals surface area contributed by atoms with Crippen LogP contribution in [0.4, 0.5) is 4.39 Å². The van der Waals surface area contributed by atoms with Crippen LogP contribution >= 0.6 is 11.6 Å². The summed E-state index contributed by atoms with van der Waals surface area (Å²) in [4.78, 5) is 2.34. The molecule has 1 fully saturated rings. The molecule has 1 aromatic carbocycles. The molecule has 0 aromatic heterocycles. The van der Waals surface area contributed by atoms with Gasteiger partial charge in [0.2, 0.25) is 0 Å². The lowest BCUT2D eigenvalue weighted by molar-refractivity contribution is 0.185. The van der Waals surface area contributed by atoms with Gasteiger partial charge in [-0.15, -0.1) is 0 Å². The molecule has 19 heavy (non-hydrogen) atoms. The topological polar surface area (TPSA) is 29.3 Å². The van der Waals surface area contributed by atoms with Crippen LogP contribution in [0.5, 0.6) is 0 Å². The molecule has 0 amide bonds. The van der Waals surface area contributed by atoms with Crippen LogP contribution in [0.3, 0.4) is 0 Å². The largest absolute Gasteiger partial charge is 0.329 e. The van der Waals surface area contributed by atoms with Crippen molar-refractivity contribution in [3.8, 4) is 0 Å². The van der Waals surface area contributed by atoms with E-state index in [1.807, 2.05) is 0 Å². The van der Waals surface area contributed by atoms with Crippen molar-refractivity contribution < 1.29 is 4.39 Å². The minimum atomic E-state index is -0.245. The second-order valence-electron chi connectivity index (χ2n) is 5.21. The smallest absolute Gasteiger partial charge is 0.129 e. The molecule has 0 heterocycles. The van der Waals surface area contributed by atoms with Gasteiger partial charge < -0.3 is 5.73 Å². The minimum absolute atomic E-state index is 0.104. The van der Waals surface area contributed by atoms with Crippen LogP contribution < -0.4 is 5.73 Å². The molecule has 4 heteroatoms. The molecule has 1 atom stereocenters. The quantitative estimate of drug-likeness (QED) is 0.826. The fourth-order valence-corrected chi connectivity index (χ4v) is 2.88. The van der Waals surface area contributed by atoms with Gasteiger partial charge in [-0.1, -0.05) is 31.0 Å². The monoisotopic (exact) mass is 284 g/mol. The highest BCUT2D eigenvalue weighted by Gasteiger charge is 2.35. The molecule has 2 rings (SSSR count). The van der Waals surface area contributed by atoms with Crippen LogP contribution in [0.2, 0.25) is 5.02 Å². The molecule has 1 aliphatic carbocycles. The summed E-state index contributed by atoms with van der Waals surface area (Å²) in [6.07, 6.45) is 4.61. The zero-order chi connectivity index (χ0) is 13.8. The summed E-state index contributed by atoms with van der Waals surface area (Å²) in [6.45, 7) is 3.53. The fraction of sp³-hybridized carbons (Fsp3) is 0.600. The van der Waals surface area contributed by atoms with Crippen LogP contribution in [0.25, 0.3) is 0 Å². The van der Waals surface area contributed by atoms with Crippen LogP contribution in [0, 0.1) is 5.82 Å². The molecular weight excluding hydrogens is 263 g/mol. The highest BCUT2D eigenvalue weighted by atomic mass is 35.5. The third kappa shape index (κ3) is 3.47. The van der Waals surface area contributed by atoms with E-state index in [-0.39, 0.29) is 11.9 Å². The Kier molecular flexibility index (Phi) is 5.20. The zero-order valence-electron chi connectivity index (χ0n) is 11.4. The Labute approximate surface area is 119 Å². The molecule has 106 valence electrons. The first-order valence-electron chi connectivity index (χ1n) is 7.08. The van der Waals surface area contributed by atoms with Gasteiger partial charge in [-0.3, -0.25) is 4.90 Å². The molecule has 0 aliphatic heterocycles. The Morgan fingerprint density at radius 3 is 2.74 bits per heavy atom. The van der Waals surface area contributed by atoms with Gasteiger partial charge in [-0.25, -0.2) is 4.39 Å². The third-order valence-corrected chi connectivity index (χ3v) is 4.07. The number of nitrogens with zero attached hydrogens (tertiary/aromatic N) is 1. The molecule has 1 unspecified atom stereocenters. The van der Waals surface area contributed by atoms with Crippen molar-refractivity contribution in [1.82, 2.24) is 4.90 Å². The standard InChI is InChI=1S/C15H22ClFN2/c1-2-3-9-19(11-7-8-11)14(10-18)15-12(16)5-4-6-13(15)17/h4-6,11,14H,2-3,7-10,18H2,1H3. The first-order valence-corrected chi connectivity index (χ1v) is 7.46. The highest BCUT2D eigenvalue weighted by molar-refractivity contribution is 6.31. The minimum Gasteiger partial charge on any atom is -0.329 e. The molecule has 2 N–H and O–H groups in total. The predicted octanol–water partition coefficient (Wildman–Crippen LogP) is 3.74. The lowest BCUT2D eigenvalue weighted by atomic mass is 10.0. The normalized spacial score (nSPS) is 16.9. The van der Waals surface area contributed by atoms with E-state index >= 15 is 0 Å². The molecule has 0 bridgehead atoms. The second-order valence-corrected chi connectivity index (χ2v) is 5.62. The van der Waals surface area contributed by atoms with Crippen molar-refractivity contribution in [2.24, 2.45) is 5.73 Å². The average molecular weight is 285 g/mol. The molecule has 0 radical (unpaired) electrons. The van der Waals surface area contributed by atoms with Gasteiger partial charge >= 0.3 is 0 Å². The SMILES string of the molecule is CCCCN(C1CC1)C(CN)c1c(F)cccc1Cl. The number of nitrogens with two attached hydrogens (primary N) is 1. The summed E-state index contributed by atoms with van der Waals surface area (Å²) in [5, 5.41) is 0.484. The van der Waals surface area contributed by atoms with Crippen molar-refractivity contribution in [1.29, 1.82) is 0 Å². The summed E-state index contributed by atoms with van der Waals surface area (Å²) in [5.41, 5.74) is 6.48. The Balaban J connectivity index is 2.25. The third-order valence-electron chi connectivity index (χ3n) is 3.74. The van der Waals surface area contributed by atoms with Gasteiger partial charge in [-0.2, -0.15) is 0 Å². The van der Waals surface area contributed by atoms with Gasteiger partial charge in [0, 0.05) is 23.2 Å². The van der Waals surface area contributed by atoms with Crippen LogP contribution in [0.15, 0.2) is 18.2 Å². The zero-order valence-corrected chi connectivity index (χ0v) is 12.2. The van der Waals surface area contributed by atoms with E-state index in [4.69, 9.17) is 17.3 Å². The van der Waals surface area contributed by atoms with E-state index < -0.39 is 0 Å². The Bertz CT molecular complexity index is 400. The van der Waals surface area contributed by atoms with Crippen molar-refractivity contribution in [2.45, 2.75) is 44.7 Å². The number of rotatable bonds is 7. The highest BCUT2D eigenvalue weighted by Crippen LogP contribution is 2.37. The van der Waals surface area contributed by atoms with Crippen molar-refractivity contribution in [3.05, 3.63) is 34.6 Å². The van der Waals surface area contributed by atoms with E-state index in [0.717, 1.165) is 19.4 Å². The first kappa shape index (κ1) is 14.8. The van der Waals surface area contributed by atoms with E-state index in [0.29, 0.717) is 23.2 Å². The Morgan fingerprint density at radius 2 is 2.21 bits per heavy atom. The number of halogens is 2. The second kappa shape index (κ2) is 6.69. The molecule has 0 saturated heterocycles. The van der Waals surface area contributed by atoms with E-state index in [2.05, 4.69) is 11.8 Å². The molecule has 1 saturated carbocycles. The van der Waals surface area contributed by atoms with Crippen molar-refractivity contribution >= 4 is 11.6 Å². The number of benzene rings is 1. The molecule has 1 aliphatic rings. The maximum Gasteiger partial charge on any atom is 0.129 e. The van der Waals surface area contributed by atoms with Crippen LogP contribution in [-0.2, 0) is 0 Å². The summed E-state index contributed by atoms with van der Waals surface area (Å²) in [7, 11) is 0. The lowest BCUT2D eigenvalue weighted by Gasteiger charge is -2.32. The average Bonchev–Trinajstić information content (AvgIpc) is 3.21. The predicted molar refractivity (Wildman–Crippen MR) is 77.8 cm³/mol. The van der Waals surface area contributed by atoms with Crippen LogP contribution in [-0.4, -0.2) is 24.0 Å². The van der Waals surface area contributed by atoms with Gasteiger partial charge in [-0.05, 0) is 37.9 Å². The van der Waals surface area contributed by atoms with E-state index in [9.17, 15) is 4.39 Å². The lowest BCUT2D eigenvalue weighted by Crippen LogP contribution is -2.37. The van der Waals surface area contributed by atoms with E-state index in [1.54, 1.807) is 12.1 Å². The number of hydrogen-bond donors (Lipinski definition) is 1. The van der Waals surface area contributed by atoms with Gasteiger partial charge in [0.1, 0.15) is 5.82 Å². The van der Waals surface area contributed by atoms with Gasteiger partial charge in [0.05, 0.1) is 6.04 Å².